The first-order valence-electron chi connectivity index (χ1n) is 12.4. The van der Waals surface area contributed by atoms with Crippen molar-refractivity contribution in [3.63, 3.8) is 0 Å². The van der Waals surface area contributed by atoms with Crippen LogP contribution >= 0.6 is 0 Å². The molecule has 1 N–H and O–H groups in total. The van der Waals surface area contributed by atoms with Gasteiger partial charge in [-0.05, 0) is 75.6 Å². The van der Waals surface area contributed by atoms with E-state index < -0.39 is 0 Å². The zero-order chi connectivity index (χ0) is 22.1. The fraction of sp³-hybridized carbons (Fsp3) is 0.731. The van der Waals surface area contributed by atoms with E-state index in [4.69, 9.17) is 0 Å². The Morgan fingerprint density at radius 2 is 1.77 bits per heavy atom. The summed E-state index contributed by atoms with van der Waals surface area (Å²) in [6, 6.07) is 4.77. The molecule has 1 aromatic carbocycles. The number of hydrogen-bond acceptors (Lipinski definition) is 4. The number of nitrogens with zero attached hydrogens (tertiary/aromatic N) is 3. The first-order valence-corrected chi connectivity index (χ1v) is 12.4. The second-order valence-electron chi connectivity index (χ2n) is 10.2. The van der Waals surface area contributed by atoms with Crippen molar-refractivity contribution in [2.75, 3.05) is 26.7 Å². The molecule has 3 fully saturated rings. The summed E-state index contributed by atoms with van der Waals surface area (Å²) in [4.78, 5) is 20.8. The number of benzene rings is 1. The Kier molecular flexibility index (Phi) is 6.92. The maximum atomic E-state index is 13.8. The van der Waals surface area contributed by atoms with Crippen LogP contribution in [0.15, 0.2) is 12.1 Å². The SMILES string of the molecule is CCN1CCC(N(C)C(=O)[C@@H]2C[C@@H]3CCCC[C@H]3N2Cc2cc(C)c(C)cc2O)CC1. The fourth-order valence-electron chi connectivity index (χ4n) is 6.24. The van der Waals surface area contributed by atoms with Crippen LogP contribution in [0.3, 0.4) is 0 Å². The lowest BCUT2D eigenvalue weighted by molar-refractivity contribution is -0.138. The topological polar surface area (TPSA) is 47.0 Å². The van der Waals surface area contributed by atoms with Crippen molar-refractivity contribution in [2.45, 2.75) is 90.4 Å². The highest BCUT2D eigenvalue weighted by Gasteiger charge is 2.46. The second-order valence-corrected chi connectivity index (χ2v) is 10.2. The van der Waals surface area contributed by atoms with Crippen LogP contribution < -0.4 is 0 Å². The average molecular weight is 428 g/mol. The van der Waals surface area contributed by atoms with Gasteiger partial charge in [-0.1, -0.05) is 25.8 Å². The van der Waals surface area contributed by atoms with Crippen molar-refractivity contribution in [1.29, 1.82) is 0 Å². The van der Waals surface area contributed by atoms with Crippen molar-refractivity contribution >= 4 is 5.91 Å². The molecule has 0 radical (unpaired) electrons. The number of carbonyl (C=O) groups excluding carboxylic acids is 1. The number of aromatic hydroxyl groups is 1. The molecule has 5 heteroatoms. The maximum Gasteiger partial charge on any atom is 0.239 e. The first-order chi connectivity index (χ1) is 14.9. The molecule has 0 spiro atoms. The van der Waals surface area contributed by atoms with Crippen LogP contribution in [0.25, 0.3) is 0 Å². The van der Waals surface area contributed by atoms with Gasteiger partial charge in [0, 0.05) is 44.3 Å². The molecule has 0 bridgehead atoms. The number of hydrogen-bond donors (Lipinski definition) is 1. The molecule has 2 aliphatic heterocycles. The normalized spacial score (nSPS) is 27.9. The minimum absolute atomic E-state index is 0.0525. The largest absolute Gasteiger partial charge is 0.508 e. The number of aryl methyl sites for hydroxylation is 2. The third-order valence-corrected chi connectivity index (χ3v) is 8.45. The summed E-state index contributed by atoms with van der Waals surface area (Å²) in [5.41, 5.74) is 3.28. The molecule has 3 atom stereocenters. The first kappa shape index (κ1) is 22.6. The van der Waals surface area contributed by atoms with E-state index >= 15 is 0 Å². The minimum atomic E-state index is -0.0525. The second kappa shape index (κ2) is 9.50. The molecule has 2 saturated heterocycles. The third kappa shape index (κ3) is 4.63. The number of rotatable bonds is 5. The highest BCUT2D eigenvalue weighted by atomic mass is 16.3. The lowest BCUT2D eigenvalue weighted by atomic mass is 9.84. The van der Waals surface area contributed by atoms with Crippen molar-refractivity contribution in [3.8, 4) is 5.75 Å². The van der Waals surface area contributed by atoms with E-state index in [-0.39, 0.29) is 6.04 Å². The molecule has 0 unspecified atom stereocenters. The Morgan fingerprint density at radius 1 is 1.10 bits per heavy atom. The Morgan fingerprint density at radius 3 is 2.48 bits per heavy atom. The van der Waals surface area contributed by atoms with E-state index in [0.717, 1.165) is 50.0 Å². The van der Waals surface area contributed by atoms with E-state index in [0.29, 0.717) is 36.2 Å². The Hall–Kier alpha value is -1.59. The number of fused-ring (bicyclic) bond motifs is 1. The lowest BCUT2D eigenvalue weighted by Gasteiger charge is -2.39. The molecule has 0 aromatic heterocycles. The van der Waals surface area contributed by atoms with Gasteiger partial charge in [0.15, 0.2) is 0 Å². The van der Waals surface area contributed by atoms with E-state index in [2.05, 4.69) is 34.6 Å². The van der Waals surface area contributed by atoms with Crippen molar-refractivity contribution in [3.05, 3.63) is 28.8 Å². The molecule has 1 aromatic rings. The molecule has 5 nitrogen and oxygen atoms in total. The predicted octanol–water partition coefficient (Wildman–Crippen LogP) is 4.08. The molecule has 31 heavy (non-hydrogen) atoms. The van der Waals surface area contributed by atoms with Gasteiger partial charge in [-0.2, -0.15) is 0 Å². The number of carbonyl (C=O) groups is 1. The van der Waals surface area contributed by atoms with Gasteiger partial charge in [-0.15, -0.1) is 0 Å². The smallest absolute Gasteiger partial charge is 0.239 e. The Balaban J connectivity index is 1.53. The summed E-state index contributed by atoms with van der Waals surface area (Å²) in [7, 11) is 2.03. The van der Waals surface area contributed by atoms with Gasteiger partial charge >= 0.3 is 0 Å². The number of amides is 1. The van der Waals surface area contributed by atoms with Crippen molar-refractivity contribution in [1.82, 2.24) is 14.7 Å². The zero-order valence-electron chi connectivity index (χ0n) is 19.9. The van der Waals surface area contributed by atoms with Gasteiger partial charge in [0.25, 0.3) is 0 Å². The van der Waals surface area contributed by atoms with Crippen LogP contribution in [0, 0.1) is 19.8 Å². The molecule has 1 saturated carbocycles. The standard InChI is InChI=1S/C26H41N3O2/c1-5-28-12-10-22(11-13-28)27(4)26(31)24-16-20-8-6-7-9-23(20)29(24)17-21-14-18(2)19(3)15-25(21)30/h14-15,20,22-24,30H,5-13,16-17H2,1-4H3/t20-,23+,24-/m0/s1. The number of likely N-dealkylation sites (N-methyl/N-ethyl adjacent to an activating group) is 1. The van der Waals surface area contributed by atoms with Crippen molar-refractivity contribution < 1.29 is 9.90 Å². The van der Waals surface area contributed by atoms with E-state index in [1.165, 1.54) is 31.2 Å². The summed E-state index contributed by atoms with van der Waals surface area (Å²) < 4.78 is 0. The molecular weight excluding hydrogens is 386 g/mol. The monoisotopic (exact) mass is 427 g/mol. The van der Waals surface area contributed by atoms with Crippen molar-refractivity contribution in [2.24, 2.45) is 5.92 Å². The van der Waals surface area contributed by atoms with E-state index in [9.17, 15) is 9.90 Å². The molecule has 172 valence electrons. The summed E-state index contributed by atoms with van der Waals surface area (Å²) in [6.07, 6.45) is 8.09. The van der Waals surface area contributed by atoms with Crippen LogP contribution in [-0.4, -0.2) is 70.5 Å². The van der Waals surface area contributed by atoms with Crippen LogP contribution in [0.2, 0.25) is 0 Å². The van der Waals surface area contributed by atoms with Crippen LogP contribution in [0.1, 0.15) is 68.6 Å². The molecule has 3 aliphatic rings. The third-order valence-electron chi connectivity index (χ3n) is 8.45. The Bertz CT molecular complexity index is 787. The predicted molar refractivity (Wildman–Crippen MR) is 125 cm³/mol. The number of phenols is 1. The van der Waals surface area contributed by atoms with Gasteiger partial charge < -0.3 is 14.9 Å². The molecule has 1 aliphatic carbocycles. The number of phenolic OH excluding ortho intramolecular Hbond substituents is 1. The Labute approximate surface area is 188 Å². The van der Waals surface area contributed by atoms with Gasteiger partial charge in [0.2, 0.25) is 5.91 Å². The van der Waals surface area contributed by atoms with Gasteiger partial charge in [0.05, 0.1) is 6.04 Å². The van der Waals surface area contributed by atoms with E-state index in [1.54, 1.807) is 0 Å². The quantitative estimate of drug-likeness (QED) is 0.769. The fourth-order valence-corrected chi connectivity index (χ4v) is 6.24. The van der Waals surface area contributed by atoms with Gasteiger partial charge in [0.1, 0.15) is 5.75 Å². The van der Waals surface area contributed by atoms with E-state index in [1.807, 2.05) is 20.0 Å². The number of likely N-dealkylation sites (tertiary alicyclic amines) is 2. The molecule has 2 heterocycles. The summed E-state index contributed by atoms with van der Waals surface area (Å²) >= 11 is 0. The van der Waals surface area contributed by atoms with Crippen LogP contribution in [0.4, 0.5) is 0 Å². The highest BCUT2D eigenvalue weighted by Crippen LogP contribution is 2.42. The average Bonchev–Trinajstić information content (AvgIpc) is 3.15. The lowest BCUT2D eigenvalue weighted by Crippen LogP contribution is -2.52. The van der Waals surface area contributed by atoms with Gasteiger partial charge in [-0.3, -0.25) is 9.69 Å². The highest BCUT2D eigenvalue weighted by molar-refractivity contribution is 5.82. The summed E-state index contributed by atoms with van der Waals surface area (Å²) in [5, 5.41) is 10.6. The zero-order valence-corrected chi connectivity index (χ0v) is 19.9. The summed E-state index contributed by atoms with van der Waals surface area (Å²) in [6.45, 7) is 10.3. The molecular formula is C26H41N3O2. The maximum absolute atomic E-state index is 13.8. The van der Waals surface area contributed by atoms with Crippen LogP contribution in [-0.2, 0) is 11.3 Å². The van der Waals surface area contributed by atoms with Gasteiger partial charge in [-0.25, -0.2) is 0 Å². The summed E-state index contributed by atoms with van der Waals surface area (Å²) in [5.74, 6) is 1.29. The van der Waals surface area contributed by atoms with Crippen LogP contribution in [0.5, 0.6) is 5.75 Å². The minimum Gasteiger partial charge on any atom is -0.508 e. The molecule has 1 amide bonds. The number of piperidine rings is 1. The molecule has 4 rings (SSSR count).